The van der Waals surface area contributed by atoms with Gasteiger partial charge in [0.1, 0.15) is 5.58 Å². The van der Waals surface area contributed by atoms with E-state index in [1.54, 1.807) is 30.4 Å². The second-order valence-corrected chi connectivity index (χ2v) is 7.15. The SMILES string of the molecule is O=C(C=Cc1ccc(Cl)cc1)C=Cc1ccc(-c2cc(=O)oc3ccccc23)cc1. The van der Waals surface area contributed by atoms with Gasteiger partial charge in [0, 0.05) is 16.5 Å². The van der Waals surface area contributed by atoms with E-state index < -0.39 is 0 Å². The summed E-state index contributed by atoms with van der Waals surface area (Å²) in [4.78, 5) is 24.0. The van der Waals surface area contributed by atoms with E-state index in [1.165, 1.54) is 18.2 Å². The van der Waals surface area contributed by atoms with Crippen LogP contribution in [0.15, 0.2) is 100 Å². The number of benzene rings is 3. The van der Waals surface area contributed by atoms with Crippen molar-refractivity contribution in [2.75, 3.05) is 0 Å². The molecule has 1 aromatic heterocycles. The Bertz CT molecular complexity index is 1310. The van der Waals surface area contributed by atoms with Crippen molar-refractivity contribution in [3.8, 4) is 11.1 Å². The van der Waals surface area contributed by atoms with E-state index in [2.05, 4.69) is 0 Å². The third kappa shape index (κ3) is 4.65. The van der Waals surface area contributed by atoms with Crippen LogP contribution in [-0.4, -0.2) is 5.78 Å². The highest BCUT2D eigenvalue weighted by Gasteiger charge is 2.07. The summed E-state index contributed by atoms with van der Waals surface area (Å²) in [5, 5.41) is 1.54. The summed E-state index contributed by atoms with van der Waals surface area (Å²) in [6.45, 7) is 0. The molecule has 0 amide bonds. The van der Waals surface area contributed by atoms with Gasteiger partial charge in [0.25, 0.3) is 0 Å². The molecule has 3 nitrogen and oxygen atoms in total. The molecule has 0 saturated carbocycles. The highest BCUT2D eigenvalue weighted by atomic mass is 35.5. The summed E-state index contributed by atoms with van der Waals surface area (Å²) in [6.07, 6.45) is 6.55. The van der Waals surface area contributed by atoms with E-state index in [9.17, 15) is 9.59 Å². The maximum atomic E-state index is 12.1. The van der Waals surface area contributed by atoms with Gasteiger partial charge < -0.3 is 4.42 Å². The highest BCUT2D eigenvalue weighted by molar-refractivity contribution is 6.30. The number of ketones is 1. The van der Waals surface area contributed by atoms with Crippen molar-refractivity contribution < 1.29 is 9.21 Å². The van der Waals surface area contributed by atoms with Crippen LogP contribution < -0.4 is 5.63 Å². The lowest BCUT2D eigenvalue weighted by Gasteiger charge is -2.06. The second kappa shape index (κ2) is 8.76. The molecule has 0 fully saturated rings. The first-order chi connectivity index (χ1) is 14.6. The Morgan fingerprint density at radius 1 is 0.800 bits per heavy atom. The average Bonchev–Trinajstić information content (AvgIpc) is 2.77. The molecule has 0 atom stereocenters. The smallest absolute Gasteiger partial charge is 0.336 e. The van der Waals surface area contributed by atoms with Crippen LogP contribution in [0.4, 0.5) is 0 Å². The van der Waals surface area contributed by atoms with E-state index in [0.29, 0.717) is 10.6 Å². The number of carbonyl (C=O) groups excluding carboxylic acids is 1. The molecule has 0 aliphatic rings. The van der Waals surface area contributed by atoms with Crippen LogP contribution in [0.2, 0.25) is 5.02 Å². The maximum Gasteiger partial charge on any atom is 0.336 e. The Morgan fingerprint density at radius 3 is 2.07 bits per heavy atom. The Balaban J connectivity index is 1.51. The van der Waals surface area contributed by atoms with E-state index in [4.69, 9.17) is 16.0 Å². The fourth-order valence-corrected chi connectivity index (χ4v) is 3.24. The normalized spacial score (nSPS) is 11.5. The van der Waals surface area contributed by atoms with E-state index in [1.807, 2.05) is 54.6 Å². The summed E-state index contributed by atoms with van der Waals surface area (Å²) in [7, 11) is 0. The van der Waals surface area contributed by atoms with Crippen molar-refractivity contribution in [2.24, 2.45) is 0 Å². The number of carbonyl (C=O) groups is 1. The lowest BCUT2D eigenvalue weighted by atomic mass is 10.0. The predicted octanol–water partition coefficient (Wildman–Crippen LogP) is 6.41. The molecule has 0 saturated heterocycles. The van der Waals surface area contributed by atoms with Crippen LogP contribution in [-0.2, 0) is 4.79 Å². The molecule has 3 aromatic carbocycles. The Labute approximate surface area is 178 Å². The van der Waals surface area contributed by atoms with Crippen LogP contribution >= 0.6 is 11.6 Å². The standard InChI is InChI=1S/C26H17ClO3/c27-21-13-7-19(8-14-21)10-16-22(28)15-9-18-5-11-20(12-6-18)24-17-26(29)30-25-4-2-1-3-23(24)25/h1-17H. The summed E-state index contributed by atoms with van der Waals surface area (Å²) in [5.74, 6) is -0.110. The lowest BCUT2D eigenvalue weighted by molar-refractivity contribution is -0.110. The minimum absolute atomic E-state index is 0.110. The van der Waals surface area contributed by atoms with Crippen molar-refractivity contribution in [3.63, 3.8) is 0 Å². The van der Waals surface area contributed by atoms with Gasteiger partial charge in [-0.25, -0.2) is 4.79 Å². The average molecular weight is 413 g/mol. The fourth-order valence-electron chi connectivity index (χ4n) is 3.11. The zero-order valence-electron chi connectivity index (χ0n) is 15.9. The van der Waals surface area contributed by atoms with Gasteiger partial charge in [0.15, 0.2) is 5.78 Å². The molecule has 0 aliphatic carbocycles. The number of allylic oxidation sites excluding steroid dienone is 2. The number of halogens is 1. The monoisotopic (exact) mass is 412 g/mol. The molecule has 0 radical (unpaired) electrons. The van der Waals surface area contributed by atoms with Crippen molar-refractivity contribution >= 4 is 40.5 Å². The van der Waals surface area contributed by atoms with Gasteiger partial charge in [-0.2, -0.15) is 0 Å². The third-order valence-corrected chi connectivity index (χ3v) is 4.87. The quantitative estimate of drug-likeness (QED) is 0.281. The van der Waals surface area contributed by atoms with Crippen LogP contribution in [0.5, 0.6) is 0 Å². The summed E-state index contributed by atoms with van der Waals surface area (Å²) < 4.78 is 5.26. The molecule has 0 spiro atoms. The van der Waals surface area contributed by atoms with Crippen molar-refractivity contribution in [2.45, 2.75) is 0 Å². The molecule has 1 heterocycles. The third-order valence-electron chi connectivity index (χ3n) is 4.62. The number of rotatable bonds is 5. The highest BCUT2D eigenvalue weighted by Crippen LogP contribution is 2.27. The molecule has 4 aromatic rings. The summed E-state index contributed by atoms with van der Waals surface area (Å²) in [6, 6.07) is 23.9. The first kappa shape index (κ1) is 19.6. The fraction of sp³-hybridized carbons (Fsp3) is 0. The minimum Gasteiger partial charge on any atom is -0.423 e. The van der Waals surface area contributed by atoms with Crippen molar-refractivity contribution in [3.05, 3.63) is 118 Å². The molecule has 0 aliphatic heterocycles. The lowest BCUT2D eigenvalue weighted by Crippen LogP contribution is -1.97. The van der Waals surface area contributed by atoms with Crippen LogP contribution in [0.1, 0.15) is 11.1 Å². The van der Waals surface area contributed by atoms with Gasteiger partial charge in [-0.1, -0.05) is 78.4 Å². The molecule has 4 rings (SSSR count). The van der Waals surface area contributed by atoms with Gasteiger partial charge in [-0.15, -0.1) is 0 Å². The zero-order chi connectivity index (χ0) is 20.9. The van der Waals surface area contributed by atoms with Gasteiger partial charge in [-0.05, 0) is 52.6 Å². The molecule has 0 N–H and O–H groups in total. The molecule has 146 valence electrons. The van der Waals surface area contributed by atoms with Crippen molar-refractivity contribution in [1.29, 1.82) is 0 Å². The van der Waals surface area contributed by atoms with Gasteiger partial charge in [0.2, 0.25) is 0 Å². The van der Waals surface area contributed by atoms with Gasteiger partial charge in [-0.3, -0.25) is 4.79 Å². The first-order valence-corrected chi connectivity index (χ1v) is 9.75. The molecule has 0 bridgehead atoms. The Morgan fingerprint density at radius 2 is 1.40 bits per heavy atom. The predicted molar refractivity (Wildman–Crippen MR) is 122 cm³/mol. The van der Waals surface area contributed by atoms with Gasteiger partial charge in [0.05, 0.1) is 0 Å². The van der Waals surface area contributed by atoms with Crippen LogP contribution in [0, 0.1) is 0 Å². The number of hydrogen-bond donors (Lipinski definition) is 0. The maximum absolute atomic E-state index is 12.1. The van der Waals surface area contributed by atoms with Crippen LogP contribution in [0.3, 0.4) is 0 Å². The molecule has 0 unspecified atom stereocenters. The molecular weight excluding hydrogens is 396 g/mol. The minimum atomic E-state index is -0.384. The molecule has 4 heteroatoms. The number of para-hydroxylation sites is 1. The van der Waals surface area contributed by atoms with Crippen LogP contribution in [0.25, 0.3) is 34.2 Å². The van der Waals surface area contributed by atoms with E-state index >= 15 is 0 Å². The van der Waals surface area contributed by atoms with Crippen molar-refractivity contribution in [1.82, 2.24) is 0 Å². The topological polar surface area (TPSA) is 47.3 Å². The summed E-state index contributed by atoms with van der Waals surface area (Å²) in [5.41, 5.74) is 3.70. The largest absolute Gasteiger partial charge is 0.423 e. The Kier molecular flexibility index (Phi) is 5.73. The molecule has 30 heavy (non-hydrogen) atoms. The van der Waals surface area contributed by atoms with Gasteiger partial charge >= 0.3 is 5.63 Å². The summed E-state index contributed by atoms with van der Waals surface area (Å²) >= 11 is 5.86. The van der Waals surface area contributed by atoms with E-state index in [0.717, 1.165) is 27.6 Å². The zero-order valence-corrected chi connectivity index (χ0v) is 16.7. The second-order valence-electron chi connectivity index (χ2n) is 6.72. The number of fused-ring (bicyclic) bond motifs is 1. The van der Waals surface area contributed by atoms with E-state index in [-0.39, 0.29) is 11.4 Å². The number of hydrogen-bond acceptors (Lipinski definition) is 3. The molecular formula is C26H17ClO3. The Hall–Kier alpha value is -3.69. The first-order valence-electron chi connectivity index (χ1n) is 9.37.